The molecular weight excluding hydrogens is 440 g/mol. The molecule has 0 fully saturated rings. The van der Waals surface area contributed by atoms with Crippen LogP contribution in [0.1, 0.15) is 31.0 Å². The zero-order valence-corrected chi connectivity index (χ0v) is 19.6. The van der Waals surface area contributed by atoms with Gasteiger partial charge < -0.3 is 14.2 Å². The molecule has 0 bridgehead atoms. The lowest BCUT2D eigenvalue weighted by molar-refractivity contribution is -0.138. The predicted molar refractivity (Wildman–Crippen MR) is 127 cm³/mol. The minimum Gasteiger partial charge on any atom is -0.497 e. The van der Waals surface area contributed by atoms with E-state index in [0.717, 1.165) is 16.9 Å². The molecule has 1 aliphatic rings. The molecule has 0 aliphatic carbocycles. The summed E-state index contributed by atoms with van der Waals surface area (Å²) in [4.78, 5) is 31.5. The summed E-state index contributed by atoms with van der Waals surface area (Å²) in [7, 11) is 3.20. The van der Waals surface area contributed by atoms with Crippen molar-refractivity contribution < 1.29 is 19.0 Å². The molecule has 0 unspecified atom stereocenters. The predicted octanol–water partition coefficient (Wildman–Crippen LogP) is 2.92. The van der Waals surface area contributed by atoms with Gasteiger partial charge in [-0.3, -0.25) is 9.36 Å². The largest absolute Gasteiger partial charge is 0.497 e. The third-order valence-electron chi connectivity index (χ3n) is 5.39. The van der Waals surface area contributed by atoms with Crippen molar-refractivity contribution in [3.8, 4) is 11.5 Å². The molecule has 33 heavy (non-hydrogen) atoms. The number of benzene rings is 2. The summed E-state index contributed by atoms with van der Waals surface area (Å²) in [6, 6.07) is 14.2. The standard InChI is InChI=1S/C25H24N2O5S/c1-5-32-24(29)21-15(2)27-23(28)20(14-16-6-10-18(30-3)11-7-16)33-25(27)26-22(21)17-8-12-19(31-4)13-9-17/h6-14,22H,5H2,1-4H3/b20-14-/t22-/m1/s1. The Morgan fingerprint density at radius 2 is 1.67 bits per heavy atom. The van der Waals surface area contributed by atoms with Crippen LogP contribution in [0, 0.1) is 0 Å². The van der Waals surface area contributed by atoms with E-state index in [1.165, 1.54) is 15.9 Å². The Morgan fingerprint density at radius 1 is 1.06 bits per heavy atom. The Balaban J connectivity index is 1.89. The fourth-order valence-corrected chi connectivity index (χ4v) is 4.74. The second kappa shape index (κ2) is 9.46. The van der Waals surface area contributed by atoms with E-state index in [4.69, 9.17) is 19.2 Å². The van der Waals surface area contributed by atoms with Gasteiger partial charge in [0.25, 0.3) is 5.56 Å². The van der Waals surface area contributed by atoms with Gasteiger partial charge in [-0.2, -0.15) is 0 Å². The molecule has 2 heterocycles. The van der Waals surface area contributed by atoms with Gasteiger partial charge in [0.1, 0.15) is 17.5 Å². The van der Waals surface area contributed by atoms with Crippen molar-refractivity contribution in [2.75, 3.05) is 20.8 Å². The third kappa shape index (κ3) is 4.34. The Hall–Kier alpha value is -3.65. The summed E-state index contributed by atoms with van der Waals surface area (Å²) >= 11 is 1.29. The monoisotopic (exact) mass is 464 g/mol. The molecule has 0 N–H and O–H groups in total. The number of hydrogen-bond donors (Lipinski definition) is 0. The number of allylic oxidation sites excluding steroid dienone is 1. The SMILES string of the molecule is CCOC(=O)C1=C(C)n2c(s/c(=C\c3ccc(OC)cc3)c2=O)=N[C@@H]1c1ccc(OC)cc1. The Morgan fingerprint density at radius 3 is 2.24 bits per heavy atom. The fourth-order valence-electron chi connectivity index (χ4n) is 3.70. The molecule has 0 amide bonds. The highest BCUT2D eigenvalue weighted by molar-refractivity contribution is 7.07. The minimum absolute atomic E-state index is 0.220. The number of carbonyl (C=O) groups is 1. The summed E-state index contributed by atoms with van der Waals surface area (Å²) in [5.74, 6) is 0.964. The Kier molecular flexibility index (Phi) is 6.46. The molecule has 0 saturated carbocycles. The molecule has 0 radical (unpaired) electrons. The number of thiazole rings is 1. The highest BCUT2D eigenvalue weighted by Gasteiger charge is 2.31. The number of methoxy groups -OCH3 is 2. The van der Waals surface area contributed by atoms with E-state index in [1.807, 2.05) is 54.6 Å². The second-order valence-corrected chi connectivity index (χ2v) is 8.34. The van der Waals surface area contributed by atoms with Gasteiger partial charge in [0.05, 0.1) is 30.9 Å². The highest BCUT2D eigenvalue weighted by Crippen LogP contribution is 2.33. The summed E-state index contributed by atoms with van der Waals surface area (Å²) in [5.41, 5.74) is 2.33. The highest BCUT2D eigenvalue weighted by atomic mass is 32.1. The van der Waals surface area contributed by atoms with Crippen LogP contribution in [-0.2, 0) is 9.53 Å². The lowest BCUT2D eigenvalue weighted by Gasteiger charge is -2.22. The van der Waals surface area contributed by atoms with Gasteiger partial charge in [-0.1, -0.05) is 35.6 Å². The summed E-state index contributed by atoms with van der Waals surface area (Å²) in [6.07, 6.45) is 1.81. The van der Waals surface area contributed by atoms with Gasteiger partial charge in [-0.05, 0) is 55.3 Å². The van der Waals surface area contributed by atoms with E-state index in [2.05, 4.69) is 0 Å². The Labute approximate surface area is 194 Å². The number of hydrogen-bond acceptors (Lipinski definition) is 7. The quantitative estimate of drug-likeness (QED) is 0.524. The van der Waals surface area contributed by atoms with Gasteiger partial charge in [-0.25, -0.2) is 9.79 Å². The lowest BCUT2D eigenvalue weighted by atomic mass is 9.96. The lowest BCUT2D eigenvalue weighted by Crippen LogP contribution is -2.35. The summed E-state index contributed by atoms with van der Waals surface area (Å²) in [5, 5.41) is 0. The van der Waals surface area contributed by atoms with Crippen LogP contribution in [0.5, 0.6) is 11.5 Å². The molecule has 0 spiro atoms. The van der Waals surface area contributed by atoms with E-state index in [1.54, 1.807) is 28.1 Å². The van der Waals surface area contributed by atoms with Crippen LogP contribution in [-0.4, -0.2) is 31.4 Å². The van der Waals surface area contributed by atoms with Crippen LogP contribution >= 0.6 is 11.3 Å². The minimum atomic E-state index is -0.582. The fraction of sp³-hybridized carbons (Fsp3) is 0.240. The molecule has 170 valence electrons. The van der Waals surface area contributed by atoms with Crippen molar-refractivity contribution in [2.24, 2.45) is 4.99 Å². The van der Waals surface area contributed by atoms with Crippen LogP contribution < -0.4 is 24.4 Å². The first kappa shape index (κ1) is 22.5. The first-order valence-electron chi connectivity index (χ1n) is 10.4. The van der Waals surface area contributed by atoms with E-state index in [-0.39, 0.29) is 12.2 Å². The number of carbonyl (C=O) groups excluding carboxylic acids is 1. The van der Waals surface area contributed by atoms with Gasteiger partial charge in [-0.15, -0.1) is 0 Å². The van der Waals surface area contributed by atoms with Crippen molar-refractivity contribution in [3.05, 3.63) is 84.9 Å². The van der Waals surface area contributed by atoms with Crippen molar-refractivity contribution in [1.82, 2.24) is 4.57 Å². The van der Waals surface area contributed by atoms with Crippen LogP contribution in [0.25, 0.3) is 11.8 Å². The number of nitrogens with zero attached hydrogens (tertiary/aromatic N) is 2. The zero-order chi connectivity index (χ0) is 23.5. The topological polar surface area (TPSA) is 79.1 Å². The summed E-state index contributed by atoms with van der Waals surface area (Å²) in [6.45, 7) is 3.74. The molecule has 1 aromatic heterocycles. The smallest absolute Gasteiger partial charge is 0.338 e. The summed E-state index contributed by atoms with van der Waals surface area (Å²) < 4.78 is 17.8. The van der Waals surface area contributed by atoms with Crippen molar-refractivity contribution in [3.63, 3.8) is 0 Å². The molecule has 1 aliphatic heterocycles. The first-order chi connectivity index (χ1) is 16.0. The van der Waals surface area contributed by atoms with Crippen molar-refractivity contribution in [1.29, 1.82) is 0 Å². The van der Waals surface area contributed by atoms with Gasteiger partial charge >= 0.3 is 5.97 Å². The van der Waals surface area contributed by atoms with Crippen molar-refractivity contribution in [2.45, 2.75) is 19.9 Å². The Bertz CT molecular complexity index is 1380. The number of rotatable bonds is 6. The van der Waals surface area contributed by atoms with Crippen LogP contribution in [0.2, 0.25) is 0 Å². The average Bonchev–Trinajstić information content (AvgIpc) is 3.14. The molecule has 8 heteroatoms. The number of ether oxygens (including phenoxy) is 3. The normalized spacial score (nSPS) is 15.6. The van der Waals surface area contributed by atoms with Crippen LogP contribution in [0.4, 0.5) is 0 Å². The number of esters is 1. The number of fused-ring (bicyclic) bond motifs is 1. The van der Waals surface area contributed by atoms with Gasteiger partial charge in [0, 0.05) is 5.70 Å². The van der Waals surface area contributed by atoms with Gasteiger partial charge in [0.15, 0.2) is 4.80 Å². The second-order valence-electron chi connectivity index (χ2n) is 7.33. The van der Waals surface area contributed by atoms with E-state index in [0.29, 0.717) is 26.4 Å². The molecule has 4 rings (SSSR count). The van der Waals surface area contributed by atoms with Gasteiger partial charge in [0.2, 0.25) is 0 Å². The average molecular weight is 465 g/mol. The van der Waals surface area contributed by atoms with Crippen molar-refractivity contribution >= 4 is 29.1 Å². The van der Waals surface area contributed by atoms with E-state index in [9.17, 15) is 9.59 Å². The maximum atomic E-state index is 13.3. The molecule has 0 saturated heterocycles. The molecule has 7 nitrogen and oxygen atoms in total. The van der Waals surface area contributed by atoms with E-state index < -0.39 is 12.0 Å². The first-order valence-corrected chi connectivity index (χ1v) is 11.3. The third-order valence-corrected chi connectivity index (χ3v) is 6.37. The van der Waals surface area contributed by atoms with E-state index >= 15 is 0 Å². The number of aromatic nitrogens is 1. The zero-order valence-electron chi connectivity index (χ0n) is 18.8. The molecule has 1 atom stereocenters. The molecule has 2 aromatic carbocycles. The maximum absolute atomic E-state index is 13.3. The van der Waals surface area contributed by atoms with Crippen LogP contribution in [0.15, 0.2) is 63.9 Å². The molecule has 3 aromatic rings. The maximum Gasteiger partial charge on any atom is 0.338 e. The van der Waals surface area contributed by atoms with Crippen LogP contribution in [0.3, 0.4) is 0 Å². The molecular formula is C25H24N2O5S.